The summed E-state index contributed by atoms with van der Waals surface area (Å²) in [5.41, 5.74) is 1.60. The maximum absolute atomic E-state index is 12.0. The average Bonchev–Trinajstić information content (AvgIpc) is 2.31. The molecular formula is C15H22N2O4. The van der Waals surface area contributed by atoms with Crippen LogP contribution >= 0.6 is 0 Å². The maximum Gasteiger partial charge on any atom is 0.336 e. The molecule has 3 N–H and O–H groups in total. The van der Waals surface area contributed by atoms with E-state index in [0.717, 1.165) is 5.56 Å². The number of carbonyl (C=O) groups excluding carboxylic acids is 1. The van der Waals surface area contributed by atoms with Crippen molar-refractivity contribution in [2.24, 2.45) is 0 Å². The number of rotatable bonds is 5. The molecule has 1 rings (SSSR count). The van der Waals surface area contributed by atoms with Gasteiger partial charge in [0, 0.05) is 12.8 Å². The molecular weight excluding hydrogens is 272 g/mol. The molecule has 0 radical (unpaired) electrons. The molecule has 6 heteroatoms. The number of carbonyl (C=O) groups is 2. The van der Waals surface area contributed by atoms with E-state index in [1.54, 1.807) is 27.0 Å². The van der Waals surface area contributed by atoms with E-state index >= 15 is 0 Å². The van der Waals surface area contributed by atoms with Crippen molar-refractivity contribution in [3.63, 3.8) is 0 Å². The molecule has 0 bridgehead atoms. The number of hydrogen-bond acceptors (Lipinski definition) is 3. The van der Waals surface area contributed by atoms with Crippen LogP contribution in [-0.2, 0) is 4.74 Å². The Kier molecular flexibility index (Phi) is 5.32. The van der Waals surface area contributed by atoms with E-state index in [4.69, 9.17) is 9.84 Å². The Morgan fingerprint density at radius 3 is 2.43 bits per heavy atom. The third-order valence-corrected chi connectivity index (χ3v) is 3.11. The predicted molar refractivity (Wildman–Crippen MR) is 81.0 cm³/mol. The van der Waals surface area contributed by atoms with Crippen molar-refractivity contribution in [1.82, 2.24) is 5.32 Å². The summed E-state index contributed by atoms with van der Waals surface area (Å²) in [6, 6.07) is 2.79. The summed E-state index contributed by atoms with van der Waals surface area (Å²) in [4.78, 5) is 23.1. The van der Waals surface area contributed by atoms with Crippen molar-refractivity contribution >= 4 is 17.7 Å². The lowest BCUT2D eigenvalue weighted by Gasteiger charge is -2.25. The second kappa shape index (κ2) is 6.58. The monoisotopic (exact) mass is 294 g/mol. The highest BCUT2D eigenvalue weighted by Gasteiger charge is 2.20. The summed E-state index contributed by atoms with van der Waals surface area (Å²) in [5, 5.41) is 14.6. The van der Waals surface area contributed by atoms with Crippen LogP contribution in [0.1, 0.15) is 35.3 Å². The molecule has 116 valence electrons. The molecule has 0 heterocycles. The standard InChI is InChI=1S/C15H22N2O4/c1-9-6-11(7-12(10(9)2)13(18)19)16-14(20)17-15(3,4)8-21-5/h6-7H,8H2,1-5H3,(H,18,19)(H2,16,17,20). The fraction of sp³-hybridized carbons (Fsp3) is 0.467. The van der Waals surface area contributed by atoms with Gasteiger partial charge in [-0.25, -0.2) is 9.59 Å². The van der Waals surface area contributed by atoms with Crippen LogP contribution in [0, 0.1) is 13.8 Å². The van der Waals surface area contributed by atoms with Crippen LogP contribution in [0.4, 0.5) is 10.5 Å². The molecule has 0 saturated carbocycles. The fourth-order valence-corrected chi connectivity index (χ4v) is 2.02. The smallest absolute Gasteiger partial charge is 0.336 e. The molecule has 0 fully saturated rings. The van der Waals surface area contributed by atoms with Gasteiger partial charge in [0.05, 0.1) is 17.7 Å². The van der Waals surface area contributed by atoms with Gasteiger partial charge in [0.2, 0.25) is 0 Å². The SMILES string of the molecule is COCC(C)(C)NC(=O)Nc1cc(C)c(C)c(C(=O)O)c1. The van der Waals surface area contributed by atoms with E-state index < -0.39 is 17.5 Å². The summed E-state index contributed by atoms with van der Waals surface area (Å²) >= 11 is 0. The molecule has 0 unspecified atom stereocenters. The summed E-state index contributed by atoms with van der Waals surface area (Å²) in [6.45, 7) is 7.58. The Bertz CT molecular complexity index is 553. The van der Waals surface area contributed by atoms with Crippen molar-refractivity contribution in [3.05, 3.63) is 28.8 Å². The Hall–Kier alpha value is -2.08. The third kappa shape index (κ3) is 4.75. The van der Waals surface area contributed by atoms with Crippen LogP contribution in [-0.4, -0.2) is 36.4 Å². The number of benzene rings is 1. The van der Waals surface area contributed by atoms with Crippen molar-refractivity contribution < 1.29 is 19.4 Å². The first-order valence-electron chi connectivity index (χ1n) is 6.59. The predicted octanol–water partition coefficient (Wildman–Crippen LogP) is 2.55. The lowest BCUT2D eigenvalue weighted by molar-refractivity contribution is 0.0696. The number of nitrogens with one attached hydrogen (secondary N) is 2. The van der Waals surface area contributed by atoms with Gasteiger partial charge in [-0.05, 0) is 51.0 Å². The molecule has 0 aliphatic heterocycles. The highest BCUT2D eigenvalue weighted by atomic mass is 16.5. The van der Waals surface area contributed by atoms with Crippen LogP contribution in [0.15, 0.2) is 12.1 Å². The molecule has 0 spiro atoms. The minimum Gasteiger partial charge on any atom is -0.478 e. The van der Waals surface area contributed by atoms with Crippen molar-refractivity contribution in [2.45, 2.75) is 33.2 Å². The molecule has 0 saturated heterocycles. The number of ether oxygens (including phenoxy) is 1. The molecule has 0 aromatic heterocycles. The number of amides is 2. The topological polar surface area (TPSA) is 87.7 Å². The van der Waals surface area contributed by atoms with Crippen LogP contribution in [0.3, 0.4) is 0 Å². The van der Waals surface area contributed by atoms with Gasteiger partial charge in [0.1, 0.15) is 0 Å². The Morgan fingerprint density at radius 1 is 1.29 bits per heavy atom. The summed E-state index contributed by atoms with van der Waals surface area (Å²) < 4.78 is 5.02. The number of aryl methyl sites for hydroxylation is 1. The summed E-state index contributed by atoms with van der Waals surface area (Å²) in [7, 11) is 1.56. The molecule has 1 aromatic rings. The summed E-state index contributed by atoms with van der Waals surface area (Å²) in [6.07, 6.45) is 0. The normalized spacial score (nSPS) is 11.1. The zero-order valence-electron chi connectivity index (χ0n) is 13.0. The van der Waals surface area contributed by atoms with E-state index in [1.165, 1.54) is 6.07 Å². The molecule has 2 amide bonds. The van der Waals surface area contributed by atoms with E-state index in [9.17, 15) is 9.59 Å². The lowest BCUT2D eigenvalue weighted by atomic mass is 10.0. The highest BCUT2D eigenvalue weighted by Crippen LogP contribution is 2.20. The van der Waals surface area contributed by atoms with Gasteiger partial charge in [0.15, 0.2) is 0 Å². The quantitative estimate of drug-likeness (QED) is 0.778. The van der Waals surface area contributed by atoms with Crippen molar-refractivity contribution in [1.29, 1.82) is 0 Å². The van der Waals surface area contributed by atoms with Crippen LogP contribution in [0.25, 0.3) is 0 Å². The Labute approximate surface area is 124 Å². The number of anilines is 1. The largest absolute Gasteiger partial charge is 0.478 e. The zero-order chi connectivity index (χ0) is 16.2. The maximum atomic E-state index is 12.0. The van der Waals surface area contributed by atoms with Gasteiger partial charge in [-0.1, -0.05) is 0 Å². The molecule has 1 aromatic carbocycles. The average molecular weight is 294 g/mol. The first-order chi connectivity index (χ1) is 9.66. The van der Waals surface area contributed by atoms with Gasteiger partial charge in [-0.3, -0.25) is 0 Å². The van der Waals surface area contributed by atoms with Crippen LogP contribution < -0.4 is 10.6 Å². The lowest BCUT2D eigenvalue weighted by Crippen LogP contribution is -2.48. The van der Waals surface area contributed by atoms with Crippen molar-refractivity contribution in [2.75, 3.05) is 19.0 Å². The van der Waals surface area contributed by atoms with Gasteiger partial charge >= 0.3 is 12.0 Å². The van der Waals surface area contributed by atoms with E-state index in [2.05, 4.69) is 10.6 Å². The zero-order valence-corrected chi connectivity index (χ0v) is 13.0. The second-order valence-electron chi connectivity index (χ2n) is 5.67. The number of methoxy groups -OCH3 is 1. The van der Waals surface area contributed by atoms with Gasteiger partial charge in [-0.15, -0.1) is 0 Å². The number of carboxylic acids is 1. The second-order valence-corrected chi connectivity index (χ2v) is 5.67. The molecule has 0 aliphatic carbocycles. The van der Waals surface area contributed by atoms with Crippen LogP contribution in [0.2, 0.25) is 0 Å². The molecule has 0 aliphatic rings. The van der Waals surface area contributed by atoms with E-state index in [-0.39, 0.29) is 5.56 Å². The Morgan fingerprint density at radius 2 is 1.90 bits per heavy atom. The fourth-order valence-electron chi connectivity index (χ4n) is 2.02. The van der Waals surface area contributed by atoms with E-state index in [0.29, 0.717) is 17.9 Å². The summed E-state index contributed by atoms with van der Waals surface area (Å²) in [5.74, 6) is -1.01. The number of carboxylic acid groups (broad SMARTS) is 1. The van der Waals surface area contributed by atoms with Gasteiger partial charge < -0.3 is 20.5 Å². The van der Waals surface area contributed by atoms with Crippen molar-refractivity contribution in [3.8, 4) is 0 Å². The minimum atomic E-state index is -1.01. The van der Waals surface area contributed by atoms with Gasteiger partial charge in [0.25, 0.3) is 0 Å². The minimum absolute atomic E-state index is 0.182. The van der Waals surface area contributed by atoms with Crippen LogP contribution in [0.5, 0.6) is 0 Å². The first kappa shape index (κ1) is 17.0. The Balaban J connectivity index is 2.89. The number of aromatic carboxylic acids is 1. The molecule has 0 atom stereocenters. The molecule has 6 nitrogen and oxygen atoms in total. The molecule has 21 heavy (non-hydrogen) atoms. The third-order valence-electron chi connectivity index (χ3n) is 3.11. The number of urea groups is 1. The number of hydrogen-bond donors (Lipinski definition) is 3. The first-order valence-corrected chi connectivity index (χ1v) is 6.59. The van der Waals surface area contributed by atoms with E-state index in [1.807, 2.05) is 13.8 Å². The highest BCUT2D eigenvalue weighted by molar-refractivity contribution is 5.94. The van der Waals surface area contributed by atoms with Gasteiger partial charge in [-0.2, -0.15) is 0 Å².